The van der Waals surface area contributed by atoms with Crippen molar-refractivity contribution in [1.82, 2.24) is 0 Å². The molecule has 0 N–H and O–H groups in total. The first kappa shape index (κ1) is 26.0. The third-order valence-electron chi connectivity index (χ3n) is 5.61. The van der Waals surface area contributed by atoms with Crippen molar-refractivity contribution >= 4 is 66.6 Å². The predicted octanol–water partition coefficient (Wildman–Crippen LogP) is 4.39. The van der Waals surface area contributed by atoms with Crippen LogP contribution in [0, 0.1) is 4.51 Å². The van der Waals surface area contributed by atoms with Gasteiger partial charge in [-0.25, -0.2) is 8.42 Å². The van der Waals surface area contributed by atoms with Gasteiger partial charge in [0.1, 0.15) is 11.5 Å². The number of nitrogens with zero attached hydrogens (tertiary/aromatic N) is 2. The van der Waals surface area contributed by atoms with E-state index in [1.54, 1.807) is 12.1 Å². The molecule has 1 fully saturated rings. The fraction of sp³-hybridized carbons (Fsp3) is 0.348. The molecule has 4 rings (SSSR count). The Kier molecular flexibility index (Phi) is 8.09. The van der Waals surface area contributed by atoms with Crippen LogP contribution in [0.2, 0.25) is 0 Å². The van der Waals surface area contributed by atoms with Gasteiger partial charge in [-0.3, -0.25) is 4.31 Å². The molecule has 0 radical (unpaired) electrons. The SMILES string of the molecule is C=CS(=O)(=O)N(CC[S+](C)[O-])c1cc(-c2csc3c(=S)cc(N4CCOCC4)oc23)ccc1OC. The normalized spacial score (nSPS) is 15.2. The first-order valence-electron chi connectivity index (χ1n) is 10.8. The van der Waals surface area contributed by atoms with Crippen molar-refractivity contribution in [3.05, 3.63) is 46.1 Å². The van der Waals surface area contributed by atoms with Crippen LogP contribution in [-0.4, -0.2) is 64.9 Å². The Morgan fingerprint density at radius 2 is 2.09 bits per heavy atom. The summed E-state index contributed by atoms with van der Waals surface area (Å²) in [5, 5.41) is 2.83. The molecular formula is C23H26N2O6S4. The van der Waals surface area contributed by atoms with Crippen molar-refractivity contribution in [2.75, 3.05) is 61.2 Å². The first-order chi connectivity index (χ1) is 16.7. The molecule has 35 heavy (non-hydrogen) atoms. The van der Waals surface area contributed by atoms with E-state index in [-0.39, 0.29) is 12.3 Å². The summed E-state index contributed by atoms with van der Waals surface area (Å²) in [6.45, 7) is 6.13. The Labute approximate surface area is 217 Å². The summed E-state index contributed by atoms with van der Waals surface area (Å²) in [6.07, 6.45) is 1.53. The number of morpholine rings is 1. The van der Waals surface area contributed by atoms with Gasteiger partial charge in [0.05, 0.1) is 48.0 Å². The molecule has 0 saturated carbocycles. The lowest BCUT2D eigenvalue weighted by Crippen LogP contribution is -2.36. The van der Waals surface area contributed by atoms with Crippen LogP contribution in [-0.2, 0) is 25.9 Å². The lowest BCUT2D eigenvalue weighted by atomic mass is 10.1. The van der Waals surface area contributed by atoms with E-state index in [0.717, 1.165) is 21.2 Å². The van der Waals surface area contributed by atoms with Gasteiger partial charge >= 0.3 is 0 Å². The second-order valence-electron chi connectivity index (χ2n) is 7.80. The van der Waals surface area contributed by atoms with Gasteiger partial charge < -0.3 is 23.3 Å². The number of rotatable bonds is 9. The quantitative estimate of drug-likeness (QED) is 0.284. The lowest BCUT2D eigenvalue weighted by Gasteiger charge is -2.27. The van der Waals surface area contributed by atoms with E-state index in [0.29, 0.717) is 53.7 Å². The average molecular weight is 555 g/mol. The van der Waals surface area contributed by atoms with Crippen molar-refractivity contribution in [2.45, 2.75) is 0 Å². The second kappa shape index (κ2) is 10.9. The third-order valence-corrected chi connectivity index (χ3v) is 9.23. The molecule has 1 aliphatic rings. The highest BCUT2D eigenvalue weighted by Crippen LogP contribution is 2.41. The molecule has 3 aromatic rings. The summed E-state index contributed by atoms with van der Waals surface area (Å²) in [5.74, 6) is 1.22. The molecule has 188 valence electrons. The lowest BCUT2D eigenvalue weighted by molar-refractivity contribution is 0.121. The zero-order valence-corrected chi connectivity index (χ0v) is 22.7. The molecule has 2 aromatic heterocycles. The van der Waals surface area contributed by atoms with E-state index in [9.17, 15) is 13.0 Å². The molecule has 3 heterocycles. The fourth-order valence-corrected chi connectivity index (χ4v) is 6.56. The molecule has 1 aliphatic heterocycles. The Balaban J connectivity index is 1.84. The second-order valence-corrected chi connectivity index (χ2v) is 12.5. The van der Waals surface area contributed by atoms with Gasteiger partial charge in [0, 0.05) is 35.5 Å². The number of hydrogen-bond donors (Lipinski definition) is 0. The molecule has 0 aliphatic carbocycles. The Morgan fingerprint density at radius 1 is 1.34 bits per heavy atom. The van der Waals surface area contributed by atoms with Crippen LogP contribution in [0.3, 0.4) is 0 Å². The number of hydrogen-bond acceptors (Lipinski definition) is 9. The number of ether oxygens (including phenoxy) is 2. The number of thiophene rings is 1. The zero-order chi connectivity index (χ0) is 25.2. The predicted molar refractivity (Wildman–Crippen MR) is 145 cm³/mol. The highest BCUT2D eigenvalue weighted by Gasteiger charge is 2.25. The van der Waals surface area contributed by atoms with Crippen LogP contribution in [0.5, 0.6) is 5.75 Å². The summed E-state index contributed by atoms with van der Waals surface area (Å²) in [6, 6.07) is 7.16. The number of sulfonamides is 1. The molecule has 0 spiro atoms. The minimum atomic E-state index is -3.87. The smallest absolute Gasteiger partial charge is 0.257 e. The summed E-state index contributed by atoms with van der Waals surface area (Å²) in [5.41, 5.74) is 2.52. The van der Waals surface area contributed by atoms with Gasteiger partial charge in [-0.2, -0.15) is 0 Å². The highest BCUT2D eigenvalue weighted by molar-refractivity contribution is 7.95. The van der Waals surface area contributed by atoms with Gasteiger partial charge in [0.25, 0.3) is 10.0 Å². The van der Waals surface area contributed by atoms with Crippen LogP contribution in [0.1, 0.15) is 0 Å². The molecule has 1 unspecified atom stereocenters. The number of benzene rings is 1. The van der Waals surface area contributed by atoms with Gasteiger partial charge in [0.2, 0.25) is 0 Å². The van der Waals surface area contributed by atoms with Crippen molar-refractivity contribution in [3.63, 3.8) is 0 Å². The van der Waals surface area contributed by atoms with Gasteiger partial charge in [-0.05, 0) is 17.7 Å². The minimum absolute atomic E-state index is 0.0174. The summed E-state index contributed by atoms with van der Waals surface area (Å²) >= 11 is 5.94. The van der Waals surface area contributed by atoms with E-state index in [1.165, 1.54) is 29.0 Å². The average Bonchev–Trinajstić information content (AvgIpc) is 3.29. The van der Waals surface area contributed by atoms with Gasteiger partial charge in [-0.1, -0.05) is 36.0 Å². The van der Waals surface area contributed by atoms with Crippen molar-refractivity contribution in [1.29, 1.82) is 0 Å². The fourth-order valence-electron chi connectivity index (χ4n) is 3.81. The van der Waals surface area contributed by atoms with Gasteiger partial charge in [0.15, 0.2) is 11.5 Å². The topological polar surface area (TPSA) is 95.3 Å². The maximum absolute atomic E-state index is 12.9. The minimum Gasteiger partial charge on any atom is -0.617 e. The summed E-state index contributed by atoms with van der Waals surface area (Å²) < 4.78 is 57.4. The highest BCUT2D eigenvalue weighted by atomic mass is 32.2. The number of fused-ring (bicyclic) bond motifs is 1. The summed E-state index contributed by atoms with van der Waals surface area (Å²) in [7, 11) is -2.40. The molecule has 0 bridgehead atoms. The number of anilines is 2. The Bertz CT molecular complexity index is 1380. The number of methoxy groups -OCH3 is 1. The summed E-state index contributed by atoms with van der Waals surface area (Å²) in [4.78, 5) is 2.10. The van der Waals surface area contributed by atoms with Crippen LogP contribution in [0.25, 0.3) is 21.4 Å². The maximum atomic E-state index is 12.9. The van der Waals surface area contributed by atoms with Crippen molar-refractivity contribution < 1.29 is 26.9 Å². The molecule has 0 amide bonds. The standard InChI is InChI=1S/C23H26N2O6S4/c1-4-35(27,28)25(9-12-34(3)26)18-13-16(5-6-19(18)29-2)17-15-33-23-20(32)14-21(31-22(17)23)24-7-10-30-11-8-24/h4-6,13-15H,1,7-12H2,2-3H3. The van der Waals surface area contributed by atoms with Crippen LogP contribution >= 0.6 is 23.6 Å². The Hall–Kier alpha value is -2.09. The van der Waals surface area contributed by atoms with E-state index in [2.05, 4.69) is 11.5 Å². The molecule has 1 aromatic carbocycles. The molecule has 12 heteroatoms. The van der Waals surface area contributed by atoms with E-state index in [4.69, 9.17) is 26.1 Å². The Morgan fingerprint density at radius 3 is 2.74 bits per heavy atom. The van der Waals surface area contributed by atoms with E-state index >= 15 is 0 Å². The van der Waals surface area contributed by atoms with Gasteiger partial charge in [-0.15, -0.1) is 11.3 Å². The molecule has 1 atom stereocenters. The van der Waals surface area contributed by atoms with E-state index in [1.807, 2.05) is 17.5 Å². The largest absolute Gasteiger partial charge is 0.617 e. The van der Waals surface area contributed by atoms with Crippen LogP contribution in [0.4, 0.5) is 11.6 Å². The maximum Gasteiger partial charge on any atom is 0.257 e. The zero-order valence-electron chi connectivity index (χ0n) is 19.4. The van der Waals surface area contributed by atoms with Crippen molar-refractivity contribution in [3.8, 4) is 16.9 Å². The monoisotopic (exact) mass is 554 g/mol. The molecule has 1 saturated heterocycles. The van der Waals surface area contributed by atoms with Crippen molar-refractivity contribution in [2.24, 2.45) is 0 Å². The van der Waals surface area contributed by atoms with Crippen LogP contribution in [0.15, 0.2) is 46.0 Å². The first-order valence-corrected chi connectivity index (χ1v) is 15.3. The molecule has 8 nitrogen and oxygen atoms in total. The third kappa shape index (κ3) is 5.52. The van der Waals surface area contributed by atoms with E-state index < -0.39 is 21.2 Å². The van der Waals surface area contributed by atoms with Crippen LogP contribution < -0.4 is 13.9 Å². The molecular weight excluding hydrogens is 529 g/mol.